The van der Waals surface area contributed by atoms with E-state index in [9.17, 15) is 0 Å². The third kappa shape index (κ3) is 4.95. The van der Waals surface area contributed by atoms with Crippen LogP contribution in [0.1, 0.15) is 43.7 Å². The van der Waals surface area contributed by atoms with E-state index >= 15 is 0 Å². The minimum Gasteiger partial charge on any atom is -0.493 e. The number of benzene rings is 1. The van der Waals surface area contributed by atoms with Crippen molar-refractivity contribution in [2.45, 2.75) is 51.8 Å². The van der Waals surface area contributed by atoms with Gasteiger partial charge in [0, 0.05) is 30.5 Å². The van der Waals surface area contributed by atoms with Crippen molar-refractivity contribution in [2.75, 3.05) is 7.11 Å². The predicted molar refractivity (Wildman–Crippen MR) is 99.8 cm³/mol. The highest BCUT2D eigenvalue weighted by Gasteiger charge is 2.20. The number of nitrogens with one attached hydrogen (secondary N) is 1. The molecule has 4 nitrogen and oxygen atoms in total. The van der Waals surface area contributed by atoms with Crippen LogP contribution in [0.25, 0.3) is 0 Å². The third-order valence-electron chi connectivity index (χ3n) is 5.03. The Morgan fingerprint density at radius 2 is 2.00 bits per heavy atom. The molecule has 4 heteroatoms. The monoisotopic (exact) mass is 340 g/mol. The van der Waals surface area contributed by atoms with E-state index in [1.807, 2.05) is 24.4 Å². The van der Waals surface area contributed by atoms with Crippen molar-refractivity contribution < 1.29 is 9.47 Å². The molecule has 2 unspecified atom stereocenters. The van der Waals surface area contributed by atoms with Gasteiger partial charge in [0.05, 0.1) is 7.11 Å². The van der Waals surface area contributed by atoms with Crippen LogP contribution in [-0.2, 0) is 13.2 Å². The summed E-state index contributed by atoms with van der Waals surface area (Å²) >= 11 is 0. The molecule has 1 fully saturated rings. The number of ether oxygens (including phenoxy) is 2. The van der Waals surface area contributed by atoms with Crippen LogP contribution in [0.5, 0.6) is 11.5 Å². The van der Waals surface area contributed by atoms with Crippen molar-refractivity contribution in [3.05, 3.63) is 53.9 Å². The predicted octanol–water partition coefficient (Wildman–Crippen LogP) is 4.34. The zero-order chi connectivity index (χ0) is 17.5. The van der Waals surface area contributed by atoms with Crippen LogP contribution < -0.4 is 14.8 Å². The Kier molecular flexibility index (Phi) is 6.29. The van der Waals surface area contributed by atoms with Gasteiger partial charge in [-0.1, -0.05) is 31.9 Å². The molecule has 0 radical (unpaired) electrons. The lowest BCUT2D eigenvalue weighted by atomic mass is 9.86. The van der Waals surface area contributed by atoms with Gasteiger partial charge < -0.3 is 14.8 Å². The number of methoxy groups -OCH3 is 1. The second-order valence-electron chi connectivity index (χ2n) is 6.88. The van der Waals surface area contributed by atoms with Crippen LogP contribution >= 0.6 is 0 Å². The summed E-state index contributed by atoms with van der Waals surface area (Å²) in [5.74, 6) is 2.30. The second-order valence-corrected chi connectivity index (χ2v) is 6.88. The Hall–Kier alpha value is -2.07. The van der Waals surface area contributed by atoms with E-state index < -0.39 is 0 Å². The molecule has 0 aliphatic heterocycles. The number of hydrogen-bond acceptors (Lipinski definition) is 4. The minimum absolute atomic E-state index is 0.487. The van der Waals surface area contributed by atoms with Crippen molar-refractivity contribution in [1.29, 1.82) is 0 Å². The van der Waals surface area contributed by atoms with Crippen molar-refractivity contribution in [1.82, 2.24) is 10.3 Å². The fourth-order valence-electron chi connectivity index (χ4n) is 3.46. The molecule has 2 atom stereocenters. The van der Waals surface area contributed by atoms with Gasteiger partial charge in [0.25, 0.3) is 0 Å². The van der Waals surface area contributed by atoms with Crippen molar-refractivity contribution in [3.63, 3.8) is 0 Å². The second kappa shape index (κ2) is 8.86. The Labute approximate surface area is 150 Å². The topological polar surface area (TPSA) is 43.4 Å². The fourth-order valence-corrected chi connectivity index (χ4v) is 3.46. The van der Waals surface area contributed by atoms with Crippen LogP contribution in [0.3, 0.4) is 0 Å². The maximum atomic E-state index is 5.97. The molecule has 3 rings (SSSR count). The number of rotatable bonds is 7. The maximum absolute atomic E-state index is 5.97. The lowest BCUT2D eigenvalue weighted by molar-refractivity contribution is 0.276. The summed E-state index contributed by atoms with van der Waals surface area (Å²) in [6.07, 6.45) is 8.91. The summed E-state index contributed by atoms with van der Waals surface area (Å²) in [7, 11) is 1.67. The quantitative estimate of drug-likeness (QED) is 0.814. The number of pyridine rings is 1. The molecule has 1 aromatic carbocycles. The maximum Gasteiger partial charge on any atom is 0.161 e. The van der Waals surface area contributed by atoms with Gasteiger partial charge in [-0.25, -0.2) is 0 Å². The van der Waals surface area contributed by atoms with Crippen molar-refractivity contribution in [3.8, 4) is 11.5 Å². The molecule has 1 N–H and O–H groups in total. The largest absolute Gasteiger partial charge is 0.493 e. The van der Waals surface area contributed by atoms with Crippen molar-refractivity contribution in [2.24, 2.45) is 5.92 Å². The molecule has 1 heterocycles. The van der Waals surface area contributed by atoms with Crippen LogP contribution in [0, 0.1) is 5.92 Å². The molecule has 1 aromatic heterocycles. The van der Waals surface area contributed by atoms with E-state index in [0.29, 0.717) is 12.6 Å². The highest BCUT2D eigenvalue weighted by Crippen LogP contribution is 2.29. The Morgan fingerprint density at radius 3 is 2.76 bits per heavy atom. The van der Waals surface area contributed by atoms with E-state index in [1.165, 1.54) is 31.2 Å². The molecule has 1 saturated carbocycles. The Morgan fingerprint density at radius 1 is 1.12 bits per heavy atom. The zero-order valence-corrected chi connectivity index (χ0v) is 15.2. The van der Waals surface area contributed by atoms with Gasteiger partial charge in [-0.2, -0.15) is 0 Å². The first-order chi connectivity index (χ1) is 12.3. The van der Waals surface area contributed by atoms with E-state index in [4.69, 9.17) is 9.47 Å². The molecule has 1 aliphatic carbocycles. The van der Waals surface area contributed by atoms with Crippen molar-refractivity contribution >= 4 is 0 Å². The smallest absolute Gasteiger partial charge is 0.161 e. The number of nitrogens with zero attached hydrogens (tertiary/aromatic N) is 1. The number of aromatic nitrogens is 1. The van der Waals surface area contributed by atoms with E-state index in [1.54, 1.807) is 13.3 Å². The Balaban J connectivity index is 1.62. The minimum atomic E-state index is 0.487. The number of hydrogen-bond donors (Lipinski definition) is 1. The lowest BCUT2D eigenvalue weighted by Gasteiger charge is -2.29. The summed E-state index contributed by atoms with van der Waals surface area (Å²) in [6, 6.07) is 10.7. The SMILES string of the molecule is COc1ccc(CNC2CCCCC2C)cc1OCc1cccnc1. The highest BCUT2D eigenvalue weighted by atomic mass is 16.5. The van der Waals surface area contributed by atoms with Gasteiger partial charge in [-0.05, 0) is 42.5 Å². The molecule has 0 spiro atoms. The first-order valence-corrected chi connectivity index (χ1v) is 9.18. The summed E-state index contributed by atoms with van der Waals surface area (Å²) in [5.41, 5.74) is 2.27. The van der Waals surface area contributed by atoms with Gasteiger partial charge >= 0.3 is 0 Å². The molecule has 1 aliphatic rings. The highest BCUT2D eigenvalue weighted by molar-refractivity contribution is 5.43. The van der Waals surface area contributed by atoms with E-state index in [0.717, 1.165) is 29.5 Å². The van der Waals surface area contributed by atoms with Crippen LogP contribution in [0.4, 0.5) is 0 Å². The fraction of sp³-hybridized carbons (Fsp3) is 0.476. The molecule has 0 saturated heterocycles. The van der Waals surface area contributed by atoms with E-state index in [-0.39, 0.29) is 0 Å². The first-order valence-electron chi connectivity index (χ1n) is 9.18. The lowest BCUT2D eigenvalue weighted by Crippen LogP contribution is -2.36. The molecule has 25 heavy (non-hydrogen) atoms. The summed E-state index contributed by atoms with van der Waals surface area (Å²) in [4.78, 5) is 4.12. The van der Waals surface area contributed by atoms with Crippen LogP contribution in [0.15, 0.2) is 42.7 Å². The third-order valence-corrected chi connectivity index (χ3v) is 5.03. The van der Waals surface area contributed by atoms with Gasteiger partial charge in [-0.15, -0.1) is 0 Å². The summed E-state index contributed by atoms with van der Waals surface area (Å²) < 4.78 is 11.4. The molecule has 2 aromatic rings. The molecule has 0 bridgehead atoms. The van der Waals surface area contributed by atoms with Gasteiger partial charge in [0.15, 0.2) is 11.5 Å². The zero-order valence-electron chi connectivity index (χ0n) is 15.2. The molecule has 0 amide bonds. The molecular weight excluding hydrogens is 312 g/mol. The van der Waals surface area contributed by atoms with Crippen LogP contribution in [0.2, 0.25) is 0 Å². The van der Waals surface area contributed by atoms with Crippen LogP contribution in [-0.4, -0.2) is 18.1 Å². The Bertz CT molecular complexity index is 660. The molecule has 134 valence electrons. The van der Waals surface area contributed by atoms with E-state index in [2.05, 4.69) is 29.4 Å². The molecular formula is C21H28N2O2. The average molecular weight is 340 g/mol. The first kappa shape index (κ1) is 17.7. The summed E-state index contributed by atoms with van der Waals surface area (Å²) in [6.45, 7) is 3.70. The standard InChI is InChI=1S/C21H28N2O2/c1-16-6-3-4-8-19(16)23-14-17-9-10-20(24-2)21(12-17)25-15-18-7-5-11-22-13-18/h5,7,9-13,16,19,23H,3-4,6,8,14-15H2,1-2H3. The normalized spacial score (nSPS) is 20.2. The van der Waals surface area contributed by atoms with Gasteiger partial charge in [0.1, 0.15) is 6.61 Å². The van der Waals surface area contributed by atoms with Gasteiger partial charge in [0.2, 0.25) is 0 Å². The van der Waals surface area contributed by atoms with Gasteiger partial charge in [-0.3, -0.25) is 4.98 Å². The average Bonchev–Trinajstić information content (AvgIpc) is 2.66. The summed E-state index contributed by atoms with van der Waals surface area (Å²) in [5, 5.41) is 3.72.